The molecule has 104 valence electrons. The van der Waals surface area contributed by atoms with Crippen LogP contribution in [-0.4, -0.2) is 21.4 Å². The van der Waals surface area contributed by atoms with Gasteiger partial charge in [0, 0.05) is 17.8 Å². The van der Waals surface area contributed by atoms with Crippen LogP contribution in [0.25, 0.3) is 10.8 Å². The molecule has 4 heteroatoms. The molecule has 1 aliphatic heterocycles. The number of benzene rings is 2. The predicted octanol–water partition coefficient (Wildman–Crippen LogP) is 3.24. The first-order valence-corrected chi connectivity index (χ1v) is 6.96. The smallest absolute Gasteiger partial charge is 0.193 e. The van der Waals surface area contributed by atoms with E-state index in [0.717, 1.165) is 10.8 Å². The Morgan fingerprint density at radius 1 is 1.19 bits per heavy atom. The highest BCUT2D eigenvalue weighted by Gasteiger charge is 2.36. The first-order valence-electron chi connectivity index (χ1n) is 6.96. The molecule has 1 aliphatic rings. The molecule has 0 bridgehead atoms. The number of ketones is 1. The molecule has 0 N–H and O–H groups in total. The molecule has 0 saturated carbocycles. The van der Waals surface area contributed by atoms with Crippen molar-refractivity contribution in [3.05, 3.63) is 60.7 Å². The average molecular weight is 278 g/mol. The highest BCUT2D eigenvalue weighted by molar-refractivity contribution is 6.08. The van der Waals surface area contributed by atoms with Crippen LogP contribution >= 0.6 is 0 Å². The number of fused-ring (bicyclic) bond motifs is 3. The van der Waals surface area contributed by atoms with Gasteiger partial charge in [0.15, 0.2) is 5.78 Å². The lowest BCUT2D eigenvalue weighted by Gasteiger charge is -2.31. The van der Waals surface area contributed by atoms with E-state index in [9.17, 15) is 4.79 Å². The zero-order chi connectivity index (χ0) is 14.4. The number of Topliss-reactive ketones (excluding diaryl/α,β-unsaturated/α-hetero) is 1. The maximum absolute atomic E-state index is 12.8. The van der Waals surface area contributed by atoms with Crippen LogP contribution in [0.5, 0.6) is 5.75 Å². The number of rotatable bonds is 1. The van der Waals surface area contributed by atoms with E-state index in [1.165, 1.54) is 0 Å². The number of imidazole rings is 1. The molecule has 3 aromatic rings. The third-order valence-electron chi connectivity index (χ3n) is 4.01. The van der Waals surface area contributed by atoms with Crippen LogP contribution in [0, 0.1) is 0 Å². The molecule has 0 spiro atoms. The Hall–Kier alpha value is -2.62. The normalized spacial score (nSPS) is 21.1. The fourth-order valence-electron chi connectivity index (χ4n) is 3.00. The van der Waals surface area contributed by atoms with Gasteiger partial charge in [0.1, 0.15) is 17.9 Å². The zero-order valence-electron chi connectivity index (χ0n) is 11.6. The van der Waals surface area contributed by atoms with Crippen LogP contribution in [0.1, 0.15) is 23.3 Å². The molecule has 0 fully saturated rings. The molecule has 0 radical (unpaired) electrons. The molecular weight excluding hydrogens is 264 g/mol. The van der Waals surface area contributed by atoms with Gasteiger partial charge in [-0.25, -0.2) is 4.98 Å². The molecule has 21 heavy (non-hydrogen) atoms. The number of hydrogen-bond donors (Lipinski definition) is 0. The number of hydrogen-bond acceptors (Lipinski definition) is 3. The summed E-state index contributed by atoms with van der Waals surface area (Å²) in [6, 6.07) is 11.4. The van der Waals surface area contributed by atoms with E-state index in [4.69, 9.17) is 4.74 Å². The van der Waals surface area contributed by atoms with E-state index in [1.54, 1.807) is 18.7 Å². The van der Waals surface area contributed by atoms with Crippen molar-refractivity contribution in [2.45, 2.75) is 19.1 Å². The largest absolute Gasteiger partial charge is 0.487 e. The third kappa shape index (κ3) is 1.76. The van der Waals surface area contributed by atoms with Crippen molar-refractivity contribution in [1.82, 2.24) is 9.55 Å². The van der Waals surface area contributed by atoms with Crippen LogP contribution in [0.3, 0.4) is 0 Å². The summed E-state index contributed by atoms with van der Waals surface area (Å²) in [5, 5.41) is 2.07. The van der Waals surface area contributed by atoms with Gasteiger partial charge in [-0.3, -0.25) is 4.79 Å². The number of nitrogens with zero attached hydrogens (tertiary/aromatic N) is 2. The second-order valence-electron chi connectivity index (χ2n) is 5.31. The van der Waals surface area contributed by atoms with Gasteiger partial charge in [0.25, 0.3) is 0 Å². The van der Waals surface area contributed by atoms with E-state index in [1.807, 2.05) is 47.9 Å². The summed E-state index contributed by atoms with van der Waals surface area (Å²) in [4.78, 5) is 16.9. The van der Waals surface area contributed by atoms with Gasteiger partial charge < -0.3 is 9.30 Å². The minimum absolute atomic E-state index is 0.0764. The van der Waals surface area contributed by atoms with Crippen molar-refractivity contribution in [3.8, 4) is 5.75 Å². The van der Waals surface area contributed by atoms with Crippen LogP contribution in [-0.2, 0) is 0 Å². The molecule has 2 aromatic carbocycles. The zero-order valence-corrected chi connectivity index (χ0v) is 11.6. The van der Waals surface area contributed by atoms with Gasteiger partial charge in [0.2, 0.25) is 0 Å². The maximum atomic E-state index is 12.8. The van der Waals surface area contributed by atoms with Crippen LogP contribution in [0.15, 0.2) is 55.1 Å². The summed E-state index contributed by atoms with van der Waals surface area (Å²) < 4.78 is 7.89. The summed E-state index contributed by atoms with van der Waals surface area (Å²) >= 11 is 0. The van der Waals surface area contributed by atoms with E-state index in [-0.39, 0.29) is 17.9 Å². The first kappa shape index (κ1) is 12.1. The van der Waals surface area contributed by atoms with Gasteiger partial charge in [-0.2, -0.15) is 0 Å². The van der Waals surface area contributed by atoms with Crippen molar-refractivity contribution in [2.75, 3.05) is 0 Å². The highest BCUT2D eigenvalue weighted by atomic mass is 16.5. The molecule has 4 nitrogen and oxygen atoms in total. The van der Waals surface area contributed by atoms with Gasteiger partial charge in [-0.15, -0.1) is 0 Å². The monoisotopic (exact) mass is 278 g/mol. The Kier molecular flexibility index (Phi) is 2.57. The number of ether oxygens (including phenoxy) is 1. The van der Waals surface area contributed by atoms with E-state index < -0.39 is 0 Å². The van der Waals surface area contributed by atoms with Gasteiger partial charge in [-0.1, -0.05) is 30.3 Å². The van der Waals surface area contributed by atoms with Gasteiger partial charge >= 0.3 is 0 Å². The number of carbonyl (C=O) groups is 1. The Morgan fingerprint density at radius 2 is 2.05 bits per heavy atom. The van der Waals surface area contributed by atoms with Gasteiger partial charge in [0.05, 0.1) is 11.9 Å². The van der Waals surface area contributed by atoms with Crippen molar-refractivity contribution in [3.63, 3.8) is 0 Å². The standard InChI is InChI=1S/C17H14N2O2/c1-11-15(19-9-8-18-10-19)16(20)14-7-6-12-4-2-3-5-13(12)17(14)21-11/h2-11,15H,1H3. The van der Waals surface area contributed by atoms with Crippen molar-refractivity contribution >= 4 is 16.6 Å². The Morgan fingerprint density at radius 3 is 2.86 bits per heavy atom. The lowest BCUT2D eigenvalue weighted by molar-refractivity contribution is 0.0723. The number of carbonyl (C=O) groups excluding carboxylic acids is 1. The molecule has 0 saturated heterocycles. The topological polar surface area (TPSA) is 44.1 Å². The second-order valence-corrected chi connectivity index (χ2v) is 5.31. The maximum Gasteiger partial charge on any atom is 0.193 e. The molecule has 2 atom stereocenters. The highest BCUT2D eigenvalue weighted by Crippen LogP contribution is 2.38. The lowest BCUT2D eigenvalue weighted by atomic mass is 9.93. The fourth-order valence-corrected chi connectivity index (χ4v) is 3.00. The lowest BCUT2D eigenvalue weighted by Crippen LogP contribution is -2.37. The SMILES string of the molecule is CC1Oc2c(ccc3ccccc23)C(=O)C1n1ccnc1. The van der Waals surface area contributed by atoms with Crippen molar-refractivity contribution in [1.29, 1.82) is 0 Å². The Labute approximate surface area is 122 Å². The summed E-state index contributed by atoms with van der Waals surface area (Å²) in [5.41, 5.74) is 0.644. The van der Waals surface area contributed by atoms with Crippen molar-refractivity contribution in [2.24, 2.45) is 0 Å². The summed E-state index contributed by atoms with van der Waals surface area (Å²) in [6.07, 6.45) is 4.91. The fraction of sp³-hybridized carbons (Fsp3) is 0.176. The first-order chi connectivity index (χ1) is 10.3. The minimum atomic E-state index is -0.360. The summed E-state index contributed by atoms with van der Waals surface area (Å²) in [5.74, 6) is 0.773. The Balaban J connectivity index is 1.90. The second kappa shape index (κ2) is 4.45. The van der Waals surface area contributed by atoms with E-state index in [2.05, 4.69) is 4.98 Å². The molecule has 0 aliphatic carbocycles. The average Bonchev–Trinajstić information content (AvgIpc) is 3.01. The van der Waals surface area contributed by atoms with Crippen molar-refractivity contribution < 1.29 is 9.53 Å². The Bertz CT molecular complexity index is 824. The van der Waals surface area contributed by atoms with Gasteiger partial charge in [-0.05, 0) is 18.4 Å². The minimum Gasteiger partial charge on any atom is -0.487 e. The third-order valence-corrected chi connectivity index (χ3v) is 4.01. The van der Waals surface area contributed by atoms with E-state index >= 15 is 0 Å². The predicted molar refractivity (Wildman–Crippen MR) is 79.6 cm³/mol. The number of aromatic nitrogens is 2. The summed E-state index contributed by atoms with van der Waals surface area (Å²) in [6.45, 7) is 1.92. The van der Waals surface area contributed by atoms with Crippen LogP contribution in [0.2, 0.25) is 0 Å². The van der Waals surface area contributed by atoms with Crippen LogP contribution in [0.4, 0.5) is 0 Å². The summed E-state index contributed by atoms with van der Waals surface area (Å²) in [7, 11) is 0. The molecular formula is C17H14N2O2. The quantitative estimate of drug-likeness (QED) is 0.686. The molecule has 1 aromatic heterocycles. The van der Waals surface area contributed by atoms with Crippen LogP contribution < -0.4 is 4.74 Å². The molecule has 2 unspecified atom stereocenters. The van der Waals surface area contributed by atoms with E-state index in [0.29, 0.717) is 11.3 Å². The molecule has 4 rings (SSSR count). The molecule has 0 amide bonds. The molecule has 2 heterocycles.